The SMILES string of the molecule is CC/C(=C(/c1ccc(C(C)C)c(C)c1)c1ccc2[nH]ncc2c1)c1ccccc1. The maximum atomic E-state index is 4.20. The van der Waals surface area contributed by atoms with E-state index >= 15 is 0 Å². The number of benzene rings is 3. The Labute approximate surface area is 173 Å². The van der Waals surface area contributed by atoms with E-state index in [1.807, 2.05) is 6.20 Å². The molecular weight excluding hydrogens is 352 g/mol. The molecule has 29 heavy (non-hydrogen) atoms. The van der Waals surface area contributed by atoms with Gasteiger partial charge in [0.05, 0.1) is 11.7 Å². The third-order valence-electron chi connectivity index (χ3n) is 5.69. The van der Waals surface area contributed by atoms with Crippen LogP contribution in [0, 0.1) is 6.92 Å². The van der Waals surface area contributed by atoms with Crippen LogP contribution in [0.5, 0.6) is 0 Å². The summed E-state index contributed by atoms with van der Waals surface area (Å²) in [5.41, 5.74) is 10.3. The number of aromatic nitrogens is 2. The van der Waals surface area contributed by atoms with Crippen LogP contribution in [-0.2, 0) is 0 Å². The molecule has 0 radical (unpaired) electrons. The summed E-state index contributed by atoms with van der Waals surface area (Å²) in [6.07, 6.45) is 2.87. The second-order valence-corrected chi connectivity index (χ2v) is 7.97. The Kier molecular flexibility index (Phi) is 5.35. The standard InChI is InChI=1S/C27H28N2/c1-5-24(20-9-7-6-8-10-20)27(21-11-13-25(18(2)3)19(4)15-21)22-12-14-26-23(16-22)17-28-29-26/h6-18H,5H2,1-4H3,(H,28,29)/b27-24+. The zero-order valence-electron chi connectivity index (χ0n) is 17.7. The van der Waals surface area contributed by atoms with Crippen LogP contribution in [0.4, 0.5) is 0 Å². The lowest BCUT2D eigenvalue weighted by atomic mass is 9.86. The average molecular weight is 381 g/mol. The van der Waals surface area contributed by atoms with Gasteiger partial charge in [0.2, 0.25) is 0 Å². The molecule has 146 valence electrons. The highest BCUT2D eigenvalue weighted by molar-refractivity contribution is 6.00. The predicted molar refractivity (Wildman–Crippen MR) is 124 cm³/mol. The van der Waals surface area contributed by atoms with Crippen LogP contribution in [0.2, 0.25) is 0 Å². The molecule has 1 aromatic heterocycles. The minimum absolute atomic E-state index is 0.526. The van der Waals surface area contributed by atoms with E-state index in [9.17, 15) is 0 Å². The van der Waals surface area contributed by atoms with Crippen LogP contribution in [0.15, 0.2) is 72.9 Å². The van der Waals surface area contributed by atoms with Gasteiger partial charge in [-0.25, -0.2) is 0 Å². The summed E-state index contributed by atoms with van der Waals surface area (Å²) in [4.78, 5) is 0. The van der Waals surface area contributed by atoms with Crippen LogP contribution in [-0.4, -0.2) is 10.2 Å². The van der Waals surface area contributed by atoms with Gasteiger partial charge in [0.1, 0.15) is 0 Å². The van der Waals surface area contributed by atoms with Gasteiger partial charge >= 0.3 is 0 Å². The Balaban J connectivity index is 1.99. The number of aryl methyl sites for hydroxylation is 1. The van der Waals surface area contributed by atoms with Crippen molar-refractivity contribution < 1.29 is 0 Å². The summed E-state index contributed by atoms with van der Waals surface area (Å²) in [6, 6.07) is 24.3. The summed E-state index contributed by atoms with van der Waals surface area (Å²) in [5.74, 6) is 0.526. The number of nitrogens with zero attached hydrogens (tertiary/aromatic N) is 1. The molecule has 0 fully saturated rings. The summed E-state index contributed by atoms with van der Waals surface area (Å²) in [6.45, 7) is 8.98. The van der Waals surface area contributed by atoms with Gasteiger partial charge in [0, 0.05) is 5.39 Å². The van der Waals surface area contributed by atoms with Gasteiger partial charge in [-0.15, -0.1) is 0 Å². The second-order valence-electron chi connectivity index (χ2n) is 7.97. The van der Waals surface area contributed by atoms with Gasteiger partial charge in [-0.1, -0.05) is 75.4 Å². The number of H-pyrrole nitrogens is 1. The van der Waals surface area contributed by atoms with Crippen molar-refractivity contribution in [3.63, 3.8) is 0 Å². The average Bonchev–Trinajstić information content (AvgIpc) is 3.20. The fourth-order valence-corrected chi connectivity index (χ4v) is 4.26. The molecule has 0 aliphatic carbocycles. The number of aromatic amines is 1. The zero-order valence-corrected chi connectivity index (χ0v) is 17.7. The predicted octanol–water partition coefficient (Wildman–Crippen LogP) is 7.36. The van der Waals surface area contributed by atoms with Crippen LogP contribution < -0.4 is 0 Å². The molecule has 4 aromatic rings. The summed E-state index contributed by atoms with van der Waals surface area (Å²) >= 11 is 0. The monoisotopic (exact) mass is 380 g/mol. The highest BCUT2D eigenvalue weighted by atomic mass is 15.1. The van der Waals surface area contributed by atoms with Crippen molar-refractivity contribution in [3.05, 3.63) is 101 Å². The molecule has 0 bridgehead atoms. The van der Waals surface area contributed by atoms with Crippen molar-refractivity contribution in [1.82, 2.24) is 10.2 Å². The highest BCUT2D eigenvalue weighted by Crippen LogP contribution is 2.36. The molecule has 0 saturated heterocycles. The molecular formula is C27H28N2. The van der Waals surface area contributed by atoms with E-state index in [4.69, 9.17) is 0 Å². The molecule has 0 unspecified atom stereocenters. The first-order chi connectivity index (χ1) is 14.1. The Morgan fingerprint density at radius 2 is 1.62 bits per heavy atom. The molecule has 2 heteroatoms. The highest BCUT2D eigenvalue weighted by Gasteiger charge is 2.15. The van der Waals surface area contributed by atoms with E-state index in [1.54, 1.807) is 0 Å². The second kappa shape index (κ2) is 8.08. The molecule has 0 aliphatic heterocycles. The van der Waals surface area contributed by atoms with E-state index in [0.29, 0.717) is 5.92 Å². The minimum Gasteiger partial charge on any atom is -0.278 e. The molecule has 4 rings (SSSR count). The maximum Gasteiger partial charge on any atom is 0.0650 e. The number of fused-ring (bicyclic) bond motifs is 1. The molecule has 0 amide bonds. The molecule has 0 atom stereocenters. The Bertz CT molecular complexity index is 1160. The number of nitrogens with one attached hydrogen (secondary N) is 1. The third kappa shape index (κ3) is 3.75. The van der Waals surface area contributed by atoms with Gasteiger partial charge in [-0.05, 0) is 70.4 Å². The quantitative estimate of drug-likeness (QED) is 0.360. The van der Waals surface area contributed by atoms with Gasteiger partial charge in [0.25, 0.3) is 0 Å². The lowest BCUT2D eigenvalue weighted by Crippen LogP contribution is -1.98. The largest absolute Gasteiger partial charge is 0.278 e. The molecule has 1 N–H and O–H groups in total. The Morgan fingerprint density at radius 1 is 0.897 bits per heavy atom. The van der Waals surface area contributed by atoms with Crippen molar-refractivity contribution in [2.75, 3.05) is 0 Å². The first-order valence-electron chi connectivity index (χ1n) is 10.4. The van der Waals surface area contributed by atoms with Gasteiger partial charge in [-0.2, -0.15) is 5.10 Å². The summed E-state index contributed by atoms with van der Waals surface area (Å²) in [7, 11) is 0. The van der Waals surface area contributed by atoms with Gasteiger partial charge in [0.15, 0.2) is 0 Å². The van der Waals surface area contributed by atoms with Crippen molar-refractivity contribution in [2.45, 2.75) is 40.0 Å². The minimum atomic E-state index is 0.526. The molecule has 1 heterocycles. The first kappa shape index (κ1) is 19.2. The number of allylic oxidation sites excluding steroid dienone is 1. The van der Waals surface area contributed by atoms with Crippen LogP contribution in [0.3, 0.4) is 0 Å². The van der Waals surface area contributed by atoms with Gasteiger partial charge in [-0.3, -0.25) is 5.10 Å². The molecule has 0 saturated carbocycles. The molecule has 2 nitrogen and oxygen atoms in total. The third-order valence-corrected chi connectivity index (χ3v) is 5.69. The van der Waals surface area contributed by atoms with E-state index in [-0.39, 0.29) is 0 Å². The van der Waals surface area contributed by atoms with Gasteiger partial charge < -0.3 is 0 Å². The van der Waals surface area contributed by atoms with E-state index in [0.717, 1.165) is 17.3 Å². The van der Waals surface area contributed by atoms with Crippen molar-refractivity contribution in [3.8, 4) is 0 Å². The van der Waals surface area contributed by atoms with Crippen LogP contribution in [0.25, 0.3) is 22.0 Å². The topological polar surface area (TPSA) is 28.7 Å². The number of hydrogen-bond donors (Lipinski definition) is 1. The lowest BCUT2D eigenvalue weighted by Gasteiger charge is -2.18. The summed E-state index contributed by atoms with van der Waals surface area (Å²) < 4.78 is 0. The molecule has 0 spiro atoms. The molecule has 0 aliphatic rings. The fraction of sp³-hybridized carbons (Fsp3) is 0.222. The first-order valence-corrected chi connectivity index (χ1v) is 10.4. The normalized spacial score (nSPS) is 12.4. The van der Waals surface area contributed by atoms with Crippen LogP contribution >= 0.6 is 0 Å². The van der Waals surface area contributed by atoms with Crippen molar-refractivity contribution in [2.24, 2.45) is 0 Å². The number of hydrogen-bond acceptors (Lipinski definition) is 1. The zero-order chi connectivity index (χ0) is 20.4. The van der Waals surface area contributed by atoms with Crippen molar-refractivity contribution >= 4 is 22.0 Å². The summed E-state index contributed by atoms with van der Waals surface area (Å²) in [5, 5.41) is 8.40. The maximum absolute atomic E-state index is 4.20. The Morgan fingerprint density at radius 3 is 2.31 bits per heavy atom. The fourth-order valence-electron chi connectivity index (χ4n) is 4.26. The lowest BCUT2D eigenvalue weighted by molar-refractivity contribution is 0.856. The van der Waals surface area contributed by atoms with E-state index < -0.39 is 0 Å². The molecule has 3 aromatic carbocycles. The smallest absolute Gasteiger partial charge is 0.0650 e. The van der Waals surface area contributed by atoms with Crippen molar-refractivity contribution in [1.29, 1.82) is 0 Å². The van der Waals surface area contributed by atoms with E-state index in [1.165, 1.54) is 39.0 Å². The number of rotatable bonds is 5. The van der Waals surface area contributed by atoms with E-state index in [2.05, 4.69) is 105 Å². The van der Waals surface area contributed by atoms with Crippen LogP contribution in [0.1, 0.15) is 60.9 Å². The Hall–Kier alpha value is -3.13.